The Morgan fingerprint density at radius 2 is 2.16 bits per heavy atom. The summed E-state index contributed by atoms with van der Waals surface area (Å²) in [6, 6.07) is 8.01. The molecule has 3 nitrogen and oxygen atoms in total. The molecule has 2 aromatic heterocycles. The number of hydrogen-bond donors (Lipinski definition) is 1. The Balaban J connectivity index is 2.06. The van der Waals surface area contributed by atoms with Crippen LogP contribution in [-0.2, 0) is 11.3 Å². The summed E-state index contributed by atoms with van der Waals surface area (Å²) in [6.07, 6.45) is 1.79. The number of carbonyl (C=O) groups excluding carboxylic acids is 1. The topological polar surface area (TPSA) is 42.0 Å². The third kappa shape index (κ3) is 3.64. The summed E-state index contributed by atoms with van der Waals surface area (Å²) in [5.74, 6) is 0.0574. The smallest absolute Gasteiger partial charge is 0.225 e. The zero-order valence-electron chi connectivity index (χ0n) is 11.4. The molecule has 2 aromatic rings. The van der Waals surface area contributed by atoms with Crippen molar-refractivity contribution in [2.45, 2.75) is 27.3 Å². The van der Waals surface area contributed by atoms with Gasteiger partial charge in [0.25, 0.3) is 0 Å². The first-order chi connectivity index (χ1) is 8.97. The maximum absolute atomic E-state index is 11.8. The highest BCUT2D eigenvalue weighted by Crippen LogP contribution is 2.23. The second-order valence-corrected chi connectivity index (χ2v) is 6.41. The summed E-state index contributed by atoms with van der Waals surface area (Å²) < 4.78 is 0. The fourth-order valence-electron chi connectivity index (χ4n) is 1.59. The maximum atomic E-state index is 11.8. The van der Waals surface area contributed by atoms with E-state index in [0.29, 0.717) is 6.54 Å². The zero-order valence-corrected chi connectivity index (χ0v) is 12.3. The molecule has 0 fully saturated rings. The molecule has 2 rings (SSSR count). The molecule has 0 aliphatic rings. The van der Waals surface area contributed by atoms with E-state index in [4.69, 9.17) is 0 Å². The van der Waals surface area contributed by atoms with Gasteiger partial charge in [-0.3, -0.25) is 9.78 Å². The monoisotopic (exact) mass is 274 g/mol. The van der Waals surface area contributed by atoms with Crippen LogP contribution in [0.4, 0.5) is 0 Å². The highest BCUT2D eigenvalue weighted by molar-refractivity contribution is 7.13. The highest BCUT2D eigenvalue weighted by Gasteiger charge is 2.20. The van der Waals surface area contributed by atoms with E-state index in [-0.39, 0.29) is 11.3 Å². The van der Waals surface area contributed by atoms with E-state index < -0.39 is 0 Å². The number of thiophene rings is 1. The molecule has 0 spiro atoms. The third-order valence-corrected chi connectivity index (χ3v) is 3.62. The Morgan fingerprint density at radius 1 is 1.37 bits per heavy atom. The van der Waals surface area contributed by atoms with Crippen LogP contribution in [-0.4, -0.2) is 10.9 Å². The Bertz CT molecular complexity index is 556. The van der Waals surface area contributed by atoms with Crippen molar-refractivity contribution >= 4 is 17.2 Å². The van der Waals surface area contributed by atoms with Crippen LogP contribution in [0.25, 0.3) is 10.6 Å². The van der Waals surface area contributed by atoms with Gasteiger partial charge in [0.2, 0.25) is 5.91 Å². The lowest BCUT2D eigenvalue weighted by Gasteiger charge is -2.17. The Morgan fingerprint density at radius 3 is 2.79 bits per heavy atom. The molecule has 0 saturated carbocycles. The number of rotatable bonds is 3. The van der Waals surface area contributed by atoms with Gasteiger partial charge in [-0.05, 0) is 29.1 Å². The number of pyridine rings is 1. The van der Waals surface area contributed by atoms with Gasteiger partial charge >= 0.3 is 0 Å². The van der Waals surface area contributed by atoms with E-state index in [2.05, 4.69) is 10.3 Å². The standard InChI is InChI=1S/C15H18N2OS/c1-15(2,3)14(18)17-10-11-6-7-16-12(9-11)13-5-4-8-19-13/h4-9H,10H2,1-3H3,(H,17,18). The van der Waals surface area contributed by atoms with Crippen molar-refractivity contribution in [3.8, 4) is 10.6 Å². The number of hydrogen-bond acceptors (Lipinski definition) is 3. The molecule has 0 radical (unpaired) electrons. The fraction of sp³-hybridized carbons (Fsp3) is 0.333. The molecular formula is C15H18N2OS. The molecule has 0 unspecified atom stereocenters. The largest absolute Gasteiger partial charge is 0.352 e. The average molecular weight is 274 g/mol. The molecule has 4 heteroatoms. The Hall–Kier alpha value is -1.68. The van der Waals surface area contributed by atoms with Crippen molar-refractivity contribution in [2.75, 3.05) is 0 Å². The van der Waals surface area contributed by atoms with Crippen molar-refractivity contribution in [1.82, 2.24) is 10.3 Å². The number of aromatic nitrogens is 1. The van der Waals surface area contributed by atoms with Crippen LogP contribution in [0.15, 0.2) is 35.8 Å². The quantitative estimate of drug-likeness (QED) is 0.931. The molecule has 0 bridgehead atoms. The van der Waals surface area contributed by atoms with Crippen LogP contribution in [0, 0.1) is 5.41 Å². The van der Waals surface area contributed by atoms with Crippen LogP contribution in [0.1, 0.15) is 26.3 Å². The lowest BCUT2D eigenvalue weighted by molar-refractivity contribution is -0.128. The Labute approximate surface area is 117 Å². The van der Waals surface area contributed by atoms with Gasteiger partial charge in [-0.15, -0.1) is 11.3 Å². The summed E-state index contributed by atoms with van der Waals surface area (Å²) in [5.41, 5.74) is 1.66. The zero-order chi connectivity index (χ0) is 13.9. The van der Waals surface area contributed by atoms with Crippen LogP contribution >= 0.6 is 11.3 Å². The highest BCUT2D eigenvalue weighted by atomic mass is 32.1. The number of nitrogens with one attached hydrogen (secondary N) is 1. The third-order valence-electron chi connectivity index (χ3n) is 2.73. The van der Waals surface area contributed by atoms with Crippen molar-refractivity contribution in [2.24, 2.45) is 5.41 Å². The van der Waals surface area contributed by atoms with Gasteiger partial charge in [0.05, 0.1) is 10.6 Å². The molecule has 100 valence electrons. The molecule has 0 aliphatic carbocycles. The molecule has 0 aliphatic heterocycles. The first kappa shape index (κ1) is 13.7. The molecule has 0 saturated heterocycles. The minimum Gasteiger partial charge on any atom is -0.352 e. The van der Waals surface area contributed by atoms with Crippen LogP contribution in [0.2, 0.25) is 0 Å². The van der Waals surface area contributed by atoms with Gasteiger partial charge < -0.3 is 5.32 Å². The molecule has 1 amide bonds. The normalized spacial score (nSPS) is 11.3. The van der Waals surface area contributed by atoms with Crippen LogP contribution < -0.4 is 5.32 Å². The lowest BCUT2D eigenvalue weighted by Crippen LogP contribution is -2.34. The van der Waals surface area contributed by atoms with E-state index in [9.17, 15) is 4.79 Å². The molecule has 2 heterocycles. The van der Waals surface area contributed by atoms with E-state index >= 15 is 0 Å². The number of amides is 1. The van der Waals surface area contributed by atoms with Gasteiger partial charge in [-0.25, -0.2) is 0 Å². The second kappa shape index (κ2) is 5.53. The molecular weight excluding hydrogens is 256 g/mol. The second-order valence-electron chi connectivity index (χ2n) is 5.46. The average Bonchev–Trinajstić information content (AvgIpc) is 2.89. The van der Waals surface area contributed by atoms with Crippen molar-refractivity contribution in [3.63, 3.8) is 0 Å². The van der Waals surface area contributed by atoms with E-state index in [1.807, 2.05) is 50.4 Å². The van der Waals surface area contributed by atoms with Gasteiger partial charge in [0.15, 0.2) is 0 Å². The van der Waals surface area contributed by atoms with E-state index in [0.717, 1.165) is 16.1 Å². The molecule has 1 N–H and O–H groups in total. The molecule has 0 aromatic carbocycles. The summed E-state index contributed by atoms with van der Waals surface area (Å²) in [6.45, 7) is 6.26. The van der Waals surface area contributed by atoms with Crippen LogP contribution in [0.3, 0.4) is 0 Å². The summed E-state index contributed by atoms with van der Waals surface area (Å²) >= 11 is 1.66. The van der Waals surface area contributed by atoms with E-state index in [1.54, 1.807) is 17.5 Å². The van der Waals surface area contributed by atoms with Gasteiger partial charge in [-0.1, -0.05) is 26.8 Å². The van der Waals surface area contributed by atoms with Crippen molar-refractivity contribution < 1.29 is 4.79 Å². The Kier molecular flexibility index (Phi) is 4.00. The number of nitrogens with zero attached hydrogens (tertiary/aromatic N) is 1. The minimum atomic E-state index is -0.358. The van der Waals surface area contributed by atoms with E-state index in [1.165, 1.54) is 0 Å². The predicted octanol–water partition coefficient (Wildman–Crippen LogP) is 3.47. The summed E-state index contributed by atoms with van der Waals surface area (Å²) in [5, 5.41) is 4.98. The van der Waals surface area contributed by atoms with Gasteiger partial charge in [0, 0.05) is 18.2 Å². The SMILES string of the molecule is CC(C)(C)C(=O)NCc1ccnc(-c2cccs2)c1. The van der Waals surface area contributed by atoms with Gasteiger partial charge in [-0.2, -0.15) is 0 Å². The molecule has 19 heavy (non-hydrogen) atoms. The summed E-state index contributed by atoms with van der Waals surface area (Å²) in [7, 11) is 0. The lowest BCUT2D eigenvalue weighted by atomic mass is 9.95. The van der Waals surface area contributed by atoms with Gasteiger partial charge in [0.1, 0.15) is 0 Å². The minimum absolute atomic E-state index is 0.0574. The fourth-order valence-corrected chi connectivity index (χ4v) is 2.28. The predicted molar refractivity (Wildman–Crippen MR) is 78.9 cm³/mol. The maximum Gasteiger partial charge on any atom is 0.225 e. The number of carbonyl (C=O) groups is 1. The first-order valence-corrected chi connectivity index (χ1v) is 7.12. The van der Waals surface area contributed by atoms with Crippen LogP contribution in [0.5, 0.6) is 0 Å². The first-order valence-electron chi connectivity index (χ1n) is 6.24. The van der Waals surface area contributed by atoms with Crippen molar-refractivity contribution in [1.29, 1.82) is 0 Å². The van der Waals surface area contributed by atoms with Crippen molar-refractivity contribution in [3.05, 3.63) is 41.4 Å². The molecule has 0 atom stereocenters. The summed E-state index contributed by atoms with van der Waals surface area (Å²) in [4.78, 5) is 17.3.